The van der Waals surface area contributed by atoms with Crippen LogP contribution in [0.25, 0.3) is 0 Å². The van der Waals surface area contributed by atoms with Crippen molar-refractivity contribution in [2.45, 2.75) is 12.8 Å². The van der Waals surface area contributed by atoms with Crippen LogP contribution in [0.2, 0.25) is 0 Å². The van der Waals surface area contributed by atoms with Gasteiger partial charge in [0.1, 0.15) is 0 Å². The Balaban J connectivity index is 1.89. The molecule has 1 saturated heterocycles. The third-order valence-corrected chi connectivity index (χ3v) is 3.67. The van der Waals surface area contributed by atoms with Crippen LogP contribution in [0.15, 0.2) is 0 Å². The molecule has 1 N–H and O–H groups in total. The smallest absolute Gasteiger partial charge is 0.0474 e. The van der Waals surface area contributed by atoms with Crippen LogP contribution in [-0.4, -0.2) is 62.8 Å². The van der Waals surface area contributed by atoms with E-state index in [4.69, 9.17) is 4.74 Å². The van der Waals surface area contributed by atoms with Gasteiger partial charge in [0.2, 0.25) is 0 Å². The molecule has 1 aliphatic rings. The van der Waals surface area contributed by atoms with Crippen molar-refractivity contribution in [3.63, 3.8) is 0 Å². The summed E-state index contributed by atoms with van der Waals surface area (Å²) in [5, 5.41) is 3.46. The fraction of sp³-hybridized carbons (Fsp3) is 1.00. The standard InChI is InChI=1S/C11H24N2OS/c1-14-9-2-4-12-5-7-13-6-3-10-15-11-8-13/h12H,2-11H2,1H3. The lowest BCUT2D eigenvalue weighted by Crippen LogP contribution is -2.34. The summed E-state index contributed by atoms with van der Waals surface area (Å²) in [4.78, 5) is 2.57. The van der Waals surface area contributed by atoms with Crippen molar-refractivity contribution < 1.29 is 4.74 Å². The van der Waals surface area contributed by atoms with Crippen molar-refractivity contribution >= 4 is 11.8 Å². The van der Waals surface area contributed by atoms with Gasteiger partial charge in [0.25, 0.3) is 0 Å². The second-order valence-corrected chi connectivity index (χ2v) is 5.13. The lowest BCUT2D eigenvalue weighted by atomic mass is 10.4. The average Bonchev–Trinajstić information content (AvgIpc) is 2.52. The van der Waals surface area contributed by atoms with E-state index in [1.165, 1.54) is 37.6 Å². The van der Waals surface area contributed by atoms with Crippen molar-refractivity contribution in [1.29, 1.82) is 0 Å². The molecule has 0 saturated carbocycles. The zero-order valence-corrected chi connectivity index (χ0v) is 10.7. The maximum atomic E-state index is 5.00. The number of nitrogens with one attached hydrogen (secondary N) is 1. The first-order valence-electron chi connectivity index (χ1n) is 5.93. The number of hydrogen-bond acceptors (Lipinski definition) is 4. The van der Waals surface area contributed by atoms with Crippen molar-refractivity contribution in [1.82, 2.24) is 10.2 Å². The molecule has 0 spiro atoms. The Hall–Kier alpha value is 0.230. The molecule has 4 heteroatoms. The van der Waals surface area contributed by atoms with Crippen LogP contribution in [-0.2, 0) is 4.74 Å². The first kappa shape index (κ1) is 13.3. The number of ether oxygens (including phenoxy) is 1. The zero-order chi connectivity index (χ0) is 10.8. The van der Waals surface area contributed by atoms with E-state index in [1.807, 2.05) is 0 Å². The fourth-order valence-electron chi connectivity index (χ4n) is 1.73. The van der Waals surface area contributed by atoms with Crippen LogP contribution >= 0.6 is 11.8 Å². The first-order chi connectivity index (χ1) is 7.43. The zero-order valence-electron chi connectivity index (χ0n) is 9.83. The molecule has 0 aromatic carbocycles. The van der Waals surface area contributed by atoms with Gasteiger partial charge >= 0.3 is 0 Å². The molecule has 1 aliphatic heterocycles. The number of methoxy groups -OCH3 is 1. The molecular formula is C11H24N2OS. The summed E-state index contributed by atoms with van der Waals surface area (Å²) in [6.45, 7) is 6.82. The molecule has 0 atom stereocenters. The van der Waals surface area contributed by atoms with Crippen LogP contribution in [0.4, 0.5) is 0 Å². The minimum absolute atomic E-state index is 0.868. The Morgan fingerprint density at radius 3 is 3.07 bits per heavy atom. The highest BCUT2D eigenvalue weighted by atomic mass is 32.2. The van der Waals surface area contributed by atoms with Gasteiger partial charge in [0.05, 0.1) is 0 Å². The lowest BCUT2D eigenvalue weighted by Gasteiger charge is -2.19. The quantitative estimate of drug-likeness (QED) is 0.663. The SMILES string of the molecule is COCCCNCCN1CCCSCC1. The molecule has 0 amide bonds. The number of nitrogens with zero attached hydrogens (tertiary/aromatic N) is 1. The number of thioether (sulfide) groups is 1. The number of hydrogen-bond donors (Lipinski definition) is 1. The van der Waals surface area contributed by atoms with E-state index < -0.39 is 0 Å². The van der Waals surface area contributed by atoms with Crippen LogP contribution in [0, 0.1) is 0 Å². The van der Waals surface area contributed by atoms with Crippen LogP contribution in [0.3, 0.4) is 0 Å². The normalized spacial score (nSPS) is 19.0. The summed E-state index contributed by atoms with van der Waals surface area (Å²) in [6, 6.07) is 0. The lowest BCUT2D eigenvalue weighted by molar-refractivity contribution is 0.193. The van der Waals surface area contributed by atoms with E-state index in [0.29, 0.717) is 0 Å². The Labute approximate surface area is 97.9 Å². The molecule has 3 nitrogen and oxygen atoms in total. The highest BCUT2D eigenvalue weighted by Crippen LogP contribution is 2.08. The van der Waals surface area contributed by atoms with Crippen LogP contribution in [0.5, 0.6) is 0 Å². The van der Waals surface area contributed by atoms with E-state index in [1.54, 1.807) is 7.11 Å². The fourth-order valence-corrected chi connectivity index (χ4v) is 2.65. The maximum absolute atomic E-state index is 5.00. The van der Waals surface area contributed by atoms with Gasteiger partial charge in [-0.15, -0.1) is 0 Å². The van der Waals surface area contributed by atoms with Crippen molar-refractivity contribution in [3.8, 4) is 0 Å². The molecule has 0 aromatic rings. The second kappa shape index (κ2) is 9.46. The Kier molecular flexibility index (Phi) is 8.38. The first-order valence-corrected chi connectivity index (χ1v) is 7.08. The molecule has 1 heterocycles. The molecule has 0 aliphatic carbocycles. The summed E-state index contributed by atoms with van der Waals surface area (Å²) >= 11 is 2.09. The van der Waals surface area contributed by atoms with Gasteiger partial charge in [-0.25, -0.2) is 0 Å². The van der Waals surface area contributed by atoms with Gasteiger partial charge < -0.3 is 15.0 Å². The monoisotopic (exact) mass is 232 g/mol. The van der Waals surface area contributed by atoms with Gasteiger partial charge in [-0.2, -0.15) is 11.8 Å². The van der Waals surface area contributed by atoms with Crippen LogP contribution in [0.1, 0.15) is 12.8 Å². The molecular weight excluding hydrogens is 208 g/mol. The Morgan fingerprint density at radius 1 is 1.27 bits per heavy atom. The summed E-state index contributed by atoms with van der Waals surface area (Å²) in [5.74, 6) is 2.65. The summed E-state index contributed by atoms with van der Waals surface area (Å²) in [6.07, 6.45) is 2.47. The van der Waals surface area contributed by atoms with E-state index in [2.05, 4.69) is 22.0 Å². The van der Waals surface area contributed by atoms with Crippen molar-refractivity contribution in [3.05, 3.63) is 0 Å². The topological polar surface area (TPSA) is 24.5 Å². The van der Waals surface area contributed by atoms with Gasteiger partial charge in [0, 0.05) is 39.1 Å². The molecule has 0 aromatic heterocycles. The van der Waals surface area contributed by atoms with Crippen molar-refractivity contribution in [2.75, 3.05) is 57.9 Å². The highest BCUT2D eigenvalue weighted by molar-refractivity contribution is 7.99. The molecule has 0 bridgehead atoms. The van der Waals surface area contributed by atoms with Gasteiger partial charge in [0.15, 0.2) is 0 Å². The molecule has 90 valence electrons. The number of rotatable bonds is 7. The molecule has 0 radical (unpaired) electrons. The van der Waals surface area contributed by atoms with E-state index in [-0.39, 0.29) is 0 Å². The molecule has 15 heavy (non-hydrogen) atoms. The van der Waals surface area contributed by atoms with Gasteiger partial charge in [-0.1, -0.05) is 0 Å². The summed E-state index contributed by atoms with van der Waals surface area (Å²) in [5.41, 5.74) is 0. The van der Waals surface area contributed by atoms with E-state index in [9.17, 15) is 0 Å². The Morgan fingerprint density at radius 2 is 2.20 bits per heavy atom. The predicted octanol–water partition coefficient (Wildman–Crippen LogP) is 1.05. The van der Waals surface area contributed by atoms with Crippen LogP contribution < -0.4 is 5.32 Å². The minimum atomic E-state index is 0.868. The largest absolute Gasteiger partial charge is 0.385 e. The molecule has 0 unspecified atom stereocenters. The van der Waals surface area contributed by atoms with E-state index >= 15 is 0 Å². The third-order valence-electron chi connectivity index (χ3n) is 2.62. The van der Waals surface area contributed by atoms with Gasteiger partial charge in [-0.05, 0) is 31.7 Å². The third kappa shape index (κ3) is 7.17. The molecule has 1 fully saturated rings. The van der Waals surface area contributed by atoms with Crippen molar-refractivity contribution in [2.24, 2.45) is 0 Å². The average molecular weight is 232 g/mol. The maximum Gasteiger partial charge on any atom is 0.0474 e. The molecule has 1 rings (SSSR count). The summed E-state index contributed by atoms with van der Waals surface area (Å²) < 4.78 is 5.00. The Bertz CT molecular complexity index is 139. The van der Waals surface area contributed by atoms with Gasteiger partial charge in [-0.3, -0.25) is 0 Å². The summed E-state index contributed by atoms with van der Waals surface area (Å²) in [7, 11) is 1.76. The second-order valence-electron chi connectivity index (χ2n) is 3.90. The highest BCUT2D eigenvalue weighted by Gasteiger charge is 2.07. The predicted molar refractivity (Wildman–Crippen MR) is 67.7 cm³/mol. The van der Waals surface area contributed by atoms with E-state index in [0.717, 1.165) is 26.1 Å². The minimum Gasteiger partial charge on any atom is -0.385 e.